The Morgan fingerprint density at radius 1 is 1.14 bits per heavy atom. The van der Waals surface area contributed by atoms with E-state index in [-0.39, 0.29) is 23.5 Å². The molecule has 0 aliphatic heterocycles. The van der Waals surface area contributed by atoms with Crippen LogP contribution in [0, 0.1) is 0 Å². The number of furan rings is 1. The number of fused-ring (bicyclic) bond motifs is 1. The third-order valence-corrected chi connectivity index (χ3v) is 5.87. The summed E-state index contributed by atoms with van der Waals surface area (Å²) in [5.74, 6) is 0.382. The van der Waals surface area contributed by atoms with Gasteiger partial charge < -0.3 is 14.1 Å². The molecule has 1 aromatic heterocycles. The van der Waals surface area contributed by atoms with Crippen molar-refractivity contribution in [3.05, 3.63) is 65.4 Å². The molecule has 1 heterocycles. The van der Waals surface area contributed by atoms with Crippen LogP contribution in [0.15, 0.2) is 52.9 Å². The number of sulfone groups is 1. The van der Waals surface area contributed by atoms with Gasteiger partial charge in [0.1, 0.15) is 11.3 Å². The van der Waals surface area contributed by atoms with E-state index in [1.807, 2.05) is 30.3 Å². The van der Waals surface area contributed by atoms with Crippen LogP contribution in [0.2, 0.25) is 0 Å². The molecule has 4 rings (SSSR count). The Morgan fingerprint density at radius 2 is 1.83 bits per heavy atom. The van der Waals surface area contributed by atoms with E-state index < -0.39 is 9.84 Å². The van der Waals surface area contributed by atoms with Gasteiger partial charge in [-0.3, -0.25) is 4.79 Å². The molecule has 1 amide bonds. The molecule has 1 aliphatic carbocycles. The van der Waals surface area contributed by atoms with Crippen molar-refractivity contribution in [3.63, 3.8) is 0 Å². The van der Waals surface area contributed by atoms with Gasteiger partial charge in [-0.15, -0.1) is 0 Å². The first-order valence-electron chi connectivity index (χ1n) is 9.48. The summed E-state index contributed by atoms with van der Waals surface area (Å²) in [6.45, 7) is 0.433. The van der Waals surface area contributed by atoms with Crippen LogP contribution in [0.25, 0.3) is 11.0 Å². The summed E-state index contributed by atoms with van der Waals surface area (Å²) in [5, 5.41) is 0.668. The second-order valence-corrected chi connectivity index (χ2v) is 9.63. The second kappa shape index (κ2) is 7.55. The Kier molecular flexibility index (Phi) is 5.08. The number of carbonyl (C=O) groups excluding carboxylic acids is 1. The molecule has 152 valence electrons. The number of para-hydroxylation sites is 1. The fourth-order valence-electron chi connectivity index (χ4n) is 3.49. The predicted molar refractivity (Wildman–Crippen MR) is 111 cm³/mol. The van der Waals surface area contributed by atoms with Crippen molar-refractivity contribution in [2.24, 2.45) is 0 Å². The van der Waals surface area contributed by atoms with Gasteiger partial charge in [0.25, 0.3) is 5.91 Å². The first-order chi connectivity index (χ1) is 13.9. The molecule has 1 saturated carbocycles. The molecule has 2 aromatic carbocycles. The number of nitrogens with zero attached hydrogens (tertiary/aromatic N) is 1. The molecular weight excluding hydrogens is 390 g/mol. The maximum atomic E-state index is 13.4. The van der Waals surface area contributed by atoms with Gasteiger partial charge in [-0.25, -0.2) is 8.42 Å². The van der Waals surface area contributed by atoms with Gasteiger partial charge in [-0.2, -0.15) is 0 Å². The number of amides is 1. The van der Waals surface area contributed by atoms with Crippen LogP contribution < -0.4 is 4.74 Å². The van der Waals surface area contributed by atoms with Crippen molar-refractivity contribution in [1.29, 1.82) is 0 Å². The minimum absolute atomic E-state index is 0.122. The summed E-state index contributed by atoms with van der Waals surface area (Å²) < 4.78 is 35.1. The number of hydrogen-bond acceptors (Lipinski definition) is 5. The number of ether oxygens (including phenoxy) is 1. The molecule has 0 unspecified atom stereocenters. The topological polar surface area (TPSA) is 76.8 Å². The number of hydrogen-bond donors (Lipinski definition) is 0. The van der Waals surface area contributed by atoms with Gasteiger partial charge in [-0.05, 0) is 36.6 Å². The van der Waals surface area contributed by atoms with Crippen molar-refractivity contribution in [3.8, 4) is 5.75 Å². The summed E-state index contributed by atoms with van der Waals surface area (Å²) in [5.41, 5.74) is 1.94. The van der Waals surface area contributed by atoms with Crippen LogP contribution in [0.3, 0.4) is 0 Å². The SMILES string of the molecule is COc1ccc(CN(C(=O)c2oc3ccccc3c2CS(C)(=O)=O)C2CC2)cc1. The zero-order chi connectivity index (χ0) is 20.6. The van der Waals surface area contributed by atoms with E-state index in [9.17, 15) is 13.2 Å². The molecule has 1 aliphatic rings. The van der Waals surface area contributed by atoms with Crippen LogP contribution in [-0.4, -0.2) is 38.6 Å². The average molecular weight is 413 g/mol. The predicted octanol–water partition coefficient (Wildman–Crippen LogP) is 3.79. The van der Waals surface area contributed by atoms with E-state index in [0.717, 1.165) is 24.2 Å². The number of carbonyl (C=O) groups is 1. The molecule has 29 heavy (non-hydrogen) atoms. The van der Waals surface area contributed by atoms with Gasteiger partial charge in [0, 0.05) is 29.8 Å². The Balaban J connectivity index is 1.70. The van der Waals surface area contributed by atoms with E-state index in [1.54, 1.807) is 30.2 Å². The van der Waals surface area contributed by atoms with E-state index in [4.69, 9.17) is 9.15 Å². The van der Waals surface area contributed by atoms with Crippen molar-refractivity contribution >= 4 is 26.7 Å². The minimum Gasteiger partial charge on any atom is -0.497 e. The van der Waals surface area contributed by atoms with E-state index in [2.05, 4.69) is 0 Å². The monoisotopic (exact) mass is 413 g/mol. The highest BCUT2D eigenvalue weighted by Gasteiger charge is 2.36. The molecule has 6 nitrogen and oxygen atoms in total. The number of benzene rings is 2. The summed E-state index contributed by atoms with van der Waals surface area (Å²) in [7, 11) is -1.73. The highest BCUT2D eigenvalue weighted by molar-refractivity contribution is 7.89. The Morgan fingerprint density at radius 3 is 2.45 bits per heavy atom. The molecule has 7 heteroatoms. The lowest BCUT2D eigenvalue weighted by molar-refractivity contribution is 0.0698. The molecule has 0 radical (unpaired) electrons. The number of rotatable bonds is 7. The molecule has 0 spiro atoms. The quantitative estimate of drug-likeness (QED) is 0.589. The molecule has 0 N–H and O–H groups in total. The molecular formula is C22H23NO5S. The lowest BCUT2D eigenvalue weighted by atomic mass is 10.1. The molecule has 1 fully saturated rings. The Labute approximate surface area is 170 Å². The largest absolute Gasteiger partial charge is 0.497 e. The van der Waals surface area contributed by atoms with E-state index >= 15 is 0 Å². The zero-order valence-corrected chi connectivity index (χ0v) is 17.2. The fraction of sp³-hybridized carbons (Fsp3) is 0.318. The first kappa shape index (κ1) is 19.5. The highest BCUT2D eigenvalue weighted by atomic mass is 32.2. The fourth-order valence-corrected chi connectivity index (χ4v) is 4.30. The van der Waals surface area contributed by atoms with Crippen molar-refractivity contribution in [2.45, 2.75) is 31.2 Å². The third-order valence-electron chi connectivity index (χ3n) is 5.06. The van der Waals surface area contributed by atoms with Gasteiger partial charge in [0.15, 0.2) is 15.6 Å². The summed E-state index contributed by atoms with van der Waals surface area (Å²) in [6.07, 6.45) is 3.03. The van der Waals surface area contributed by atoms with Gasteiger partial charge in [0.2, 0.25) is 0 Å². The molecule has 3 aromatic rings. The normalized spacial score (nSPS) is 14.1. The lowest BCUT2D eigenvalue weighted by Gasteiger charge is -2.22. The van der Waals surface area contributed by atoms with Crippen LogP contribution >= 0.6 is 0 Å². The van der Waals surface area contributed by atoms with E-state index in [0.29, 0.717) is 23.1 Å². The van der Waals surface area contributed by atoms with Crippen LogP contribution in [0.4, 0.5) is 0 Å². The van der Waals surface area contributed by atoms with Crippen LogP contribution in [0.1, 0.15) is 34.5 Å². The first-order valence-corrected chi connectivity index (χ1v) is 11.5. The molecule has 0 atom stereocenters. The second-order valence-electron chi connectivity index (χ2n) is 7.49. The van der Waals surface area contributed by atoms with Crippen molar-refractivity contribution in [1.82, 2.24) is 4.90 Å². The summed E-state index contributed by atoms with van der Waals surface area (Å²) in [6, 6.07) is 14.9. The van der Waals surface area contributed by atoms with E-state index in [1.165, 1.54) is 6.26 Å². The molecule has 0 bridgehead atoms. The smallest absolute Gasteiger partial charge is 0.290 e. The Hall–Kier alpha value is -2.80. The maximum absolute atomic E-state index is 13.4. The number of methoxy groups -OCH3 is 1. The van der Waals surface area contributed by atoms with Crippen molar-refractivity contribution in [2.75, 3.05) is 13.4 Å². The van der Waals surface area contributed by atoms with Crippen LogP contribution in [-0.2, 0) is 22.1 Å². The average Bonchev–Trinajstić information content (AvgIpc) is 3.48. The van der Waals surface area contributed by atoms with Crippen LogP contribution in [0.5, 0.6) is 5.75 Å². The minimum atomic E-state index is -3.34. The highest BCUT2D eigenvalue weighted by Crippen LogP contribution is 2.34. The van der Waals surface area contributed by atoms with Gasteiger partial charge >= 0.3 is 0 Å². The lowest BCUT2D eigenvalue weighted by Crippen LogP contribution is -2.33. The standard InChI is InChI=1S/C22H23NO5S/c1-27-17-11-7-15(8-12-17)13-23(16-9-10-16)22(24)21-19(14-29(2,25)26)18-5-3-4-6-20(18)28-21/h3-8,11-12,16H,9-10,13-14H2,1-2H3. The Bertz CT molecular complexity index is 1140. The van der Waals surface area contributed by atoms with Gasteiger partial charge in [-0.1, -0.05) is 30.3 Å². The molecule has 0 saturated heterocycles. The zero-order valence-electron chi connectivity index (χ0n) is 16.4. The third kappa shape index (κ3) is 4.29. The maximum Gasteiger partial charge on any atom is 0.290 e. The summed E-state index contributed by atoms with van der Waals surface area (Å²) in [4.78, 5) is 15.2. The summed E-state index contributed by atoms with van der Waals surface area (Å²) >= 11 is 0. The van der Waals surface area contributed by atoms with Crippen molar-refractivity contribution < 1.29 is 22.4 Å². The van der Waals surface area contributed by atoms with Gasteiger partial charge in [0.05, 0.1) is 12.9 Å².